The van der Waals surface area contributed by atoms with E-state index in [1.54, 1.807) is 37.5 Å². The number of fused-ring (bicyclic) bond motifs is 1. The van der Waals surface area contributed by atoms with Crippen LogP contribution in [0.4, 0.5) is 4.79 Å². The highest BCUT2D eigenvalue weighted by Crippen LogP contribution is 2.29. The minimum atomic E-state index is -1.07. The molecule has 2 aromatic heterocycles. The normalized spacial score (nSPS) is 12.8. The van der Waals surface area contributed by atoms with Gasteiger partial charge in [0.1, 0.15) is 5.82 Å². The third-order valence-electron chi connectivity index (χ3n) is 4.73. The second kappa shape index (κ2) is 7.07. The first-order valence-electron chi connectivity index (χ1n) is 9.08. The first-order chi connectivity index (χ1) is 13.1. The molecule has 0 saturated carbocycles. The molecular weight excluding hydrogens is 356 g/mol. The van der Waals surface area contributed by atoms with Crippen LogP contribution in [0.5, 0.6) is 0 Å². The number of carboxylic acid groups (broad SMARTS) is 1. The molecule has 3 rings (SSSR count). The Bertz CT molecular complexity index is 1080. The Balaban J connectivity index is 2.39. The number of hydrogen-bond donors (Lipinski definition) is 1. The summed E-state index contributed by atoms with van der Waals surface area (Å²) in [6, 6.07) is 8.31. The molecule has 0 spiro atoms. The molecule has 0 unspecified atom stereocenters. The van der Waals surface area contributed by atoms with Gasteiger partial charge >= 0.3 is 6.09 Å². The predicted molar refractivity (Wildman–Crippen MR) is 108 cm³/mol. The molecule has 1 atom stereocenters. The average Bonchev–Trinajstić information content (AvgIpc) is 2.60. The van der Waals surface area contributed by atoms with Gasteiger partial charge in [-0.3, -0.25) is 19.2 Å². The number of benzene rings is 1. The van der Waals surface area contributed by atoms with E-state index < -0.39 is 17.7 Å². The van der Waals surface area contributed by atoms with Crippen LogP contribution in [-0.4, -0.2) is 36.2 Å². The first kappa shape index (κ1) is 19.5. The van der Waals surface area contributed by atoms with Crippen LogP contribution in [0.3, 0.4) is 0 Å². The fourth-order valence-corrected chi connectivity index (χ4v) is 3.58. The van der Waals surface area contributed by atoms with Crippen molar-refractivity contribution in [2.75, 3.05) is 0 Å². The van der Waals surface area contributed by atoms with Crippen molar-refractivity contribution in [1.29, 1.82) is 0 Å². The summed E-state index contributed by atoms with van der Waals surface area (Å²) in [5.41, 5.74) is 0.997. The SMILES string of the molecule is Cc1cccc2nc([C@H](C)N(C(=O)O)C(C)(C)C)n(-c3cccnc3)c(=O)c12. The molecule has 0 bridgehead atoms. The van der Waals surface area contributed by atoms with Crippen LogP contribution in [0.2, 0.25) is 0 Å². The summed E-state index contributed by atoms with van der Waals surface area (Å²) in [6.07, 6.45) is 2.12. The maximum absolute atomic E-state index is 13.4. The third-order valence-corrected chi connectivity index (χ3v) is 4.73. The number of aryl methyl sites for hydroxylation is 1. The van der Waals surface area contributed by atoms with Crippen molar-refractivity contribution in [3.8, 4) is 5.69 Å². The van der Waals surface area contributed by atoms with Gasteiger partial charge in [0, 0.05) is 11.7 Å². The molecular formula is C21H24N4O3. The molecule has 1 aromatic carbocycles. The van der Waals surface area contributed by atoms with Gasteiger partial charge in [-0.2, -0.15) is 0 Å². The second-order valence-corrected chi connectivity index (χ2v) is 7.79. The topological polar surface area (TPSA) is 88.3 Å². The van der Waals surface area contributed by atoms with Gasteiger partial charge in [0.05, 0.1) is 28.8 Å². The minimum absolute atomic E-state index is 0.239. The van der Waals surface area contributed by atoms with Crippen LogP contribution in [0.1, 0.15) is 45.1 Å². The Kier molecular flexibility index (Phi) is 4.93. The van der Waals surface area contributed by atoms with Crippen molar-refractivity contribution >= 4 is 17.0 Å². The van der Waals surface area contributed by atoms with Crippen molar-refractivity contribution < 1.29 is 9.90 Å². The van der Waals surface area contributed by atoms with Gasteiger partial charge in [0.2, 0.25) is 0 Å². The summed E-state index contributed by atoms with van der Waals surface area (Å²) in [5.74, 6) is 0.355. The zero-order valence-electron chi connectivity index (χ0n) is 16.7. The molecule has 0 aliphatic carbocycles. The minimum Gasteiger partial charge on any atom is -0.465 e. The van der Waals surface area contributed by atoms with Gasteiger partial charge in [-0.05, 0) is 58.4 Å². The Morgan fingerprint density at radius 1 is 1.21 bits per heavy atom. The second-order valence-electron chi connectivity index (χ2n) is 7.79. The standard InChI is InChI=1S/C21H24N4O3/c1-13-8-6-10-16-17(13)19(26)24(15-9-7-11-22-12-15)18(23-16)14(2)25(20(27)28)21(3,4)5/h6-12,14H,1-5H3,(H,27,28)/t14-/m0/s1. The monoisotopic (exact) mass is 380 g/mol. The highest BCUT2D eigenvalue weighted by Gasteiger charge is 2.34. The number of hydrogen-bond acceptors (Lipinski definition) is 4. The fourth-order valence-electron chi connectivity index (χ4n) is 3.58. The van der Waals surface area contributed by atoms with Gasteiger partial charge < -0.3 is 5.11 Å². The number of carbonyl (C=O) groups is 1. The molecule has 1 N–H and O–H groups in total. The van der Waals surface area contributed by atoms with Gasteiger partial charge in [0.15, 0.2) is 0 Å². The Labute approximate surface area is 163 Å². The van der Waals surface area contributed by atoms with Gasteiger partial charge in [-0.1, -0.05) is 12.1 Å². The van der Waals surface area contributed by atoms with E-state index in [4.69, 9.17) is 4.98 Å². The van der Waals surface area contributed by atoms with Gasteiger partial charge in [-0.15, -0.1) is 0 Å². The highest BCUT2D eigenvalue weighted by molar-refractivity contribution is 5.81. The molecule has 1 amide bonds. The molecule has 0 aliphatic rings. The number of pyridine rings is 1. The molecule has 28 heavy (non-hydrogen) atoms. The lowest BCUT2D eigenvalue weighted by atomic mass is 10.0. The highest BCUT2D eigenvalue weighted by atomic mass is 16.4. The zero-order chi connectivity index (χ0) is 20.6. The van der Waals surface area contributed by atoms with Crippen molar-refractivity contribution in [2.24, 2.45) is 0 Å². The molecule has 0 aliphatic heterocycles. The summed E-state index contributed by atoms with van der Waals surface area (Å²) in [6.45, 7) is 9.05. The van der Waals surface area contributed by atoms with Crippen molar-refractivity contribution in [1.82, 2.24) is 19.4 Å². The Morgan fingerprint density at radius 2 is 1.93 bits per heavy atom. The summed E-state index contributed by atoms with van der Waals surface area (Å²) < 4.78 is 1.47. The lowest BCUT2D eigenvalue weighted by molar-refractivity contribution is 0.0719. The maximum atomic E-state index is 13.4. The fraction of sp³-hybridized carbons (Fsp3) is 0.333. The van der Waals surface area contributed by atoms with Crippen molar-refractivity contribution in [2.45, 2.75) is 46.2 Å². The Hall–Kier alpha value is -3.22. The van der Waals surface area contributed by atoms with E-state index in [1.165, 1.54) is 9.47 Å². The number of nitrogens with zero attached hydrogens (tertiary/aromatic N) is 4. The molecule has 7 heteroatoms. The van der Waals surface area contributed by atoms with Gasteiger partial charge in [-0.25, -0.2) is 9.78 Å². The average molecular weight is 380 g/mol. The maximum Gasteiger partial charge on any atom is 0.408 e. The lowest BCUT2D eigenvalue weighted by Crippen LogP contribution is -2.47. The molecule has 0 radical (unpaired) electrons. The van der Waals surface area contributed by atoms with Crippen LogP contribution >= 0.6 is 0 Å². The predicted octanol–water partition coefficient (Wildman–Crippen LogP) is 3.93. The van der Waals surface area contributed by atoms with Crippen molar-refractivity contribution in [3.05, 3.63) is 64.5 Å². The van der Waals surface area contributed by atoms with E-state index >= 15 is 0 Å². The summed E-state index contributed by atoms with van der Waals surface area (Å²) in [5, 5.41) is 10.3. The molecule has 0 fully saturated rings. The summed E-state index contributed by atoms with van der Waals surface area (Å²) in [7, 11) is 0. The summed E-state index contributed by atoms with van der Waals surface area (Å²) >= 11 is 0. The van der Waals surface area contributed by atoms with Gasteiger partial charge in [0.25, 0.3) is 5.56 Å². The van der Waals surface area contributed by atoms with E-state index in [0.29, 0.717) is 22.4 Å². The molecule has 2 heterocycles. The number of rotatable bonds is 3. The Morgan fingerprint density at radius 3 is 2.50 bits per heavy atom. The summed E-state index contributed by atoms with van der Waals surface area (Å²) in [4.78, 5) is 35.6. The van der Waals surface area contributed by atoms with Crippen LogP contribution < -0.4 is 5.56 Å². The van der Waals surface area contributed by atoms with Crippen LogP contribution in [0.15, 0.2) is 47.5 Å². The number of amides is 1. The van der Waals surface area contributed by atoms with E-state index in [0.717, 1.165) is 5.56 Å². The zero-order valence-corrected chi connectivity index (χ0v) is 16.7. The van der Waals surface area contributed by atoms with Crippen molar-refractivity contribution in [3.63, 3.8) is 0 Å². The quantitative estimate of drug-likeness (QED) is 0.744. The van der Waals surface area contributed by atoms with E-state index in [1.807, 2.05) is 39.8 Å². The molecule has 146 valence electrons. The van der Waals surface area contributed by atoms with Crippen LogP contribution in [0, 0.1) is 6.92 Å². The largest absolute Gasteiger partial charge is 0.465 e. The van der Waals surface area contributed by atoms with E-state index in [9.17, 15) is 14.7 Å². The van der Waals surface area contributed by atoms with E-state index in [2.05, 4.69) is 4.98 Å². The molecule has 0 saturated heterocycles. The number of aromatic nitrogens is 3. The van der Waals surface area contributed by atoms with E-state index in [-0.39, 0.29) is 5.56 Å². The third kappa shape index (κ3) is 3.35. The molecule has 3 aromatic rings. The first-order valence-corrected chi connectivity index (χ1v) is 9.08. The lowest BCUT2D eigenvalue weighted by Gasteiger charge is -2.38. The van der Waals surface area contributed by atoms with Crippen LogP contribution in [0.25, 0.3) is 16.6 Å². The smallest absolute Gasteiger partial charge is 0.408 e. The van der Waals surface area contributed by atoms with Crippen LogP contribution in [-0.2, 0) is 0 Å². The molecule has 7 nitrogen and oxygen atoms in total.